The first kappa shape index (κ1) is 15.3. The Balaban J connectivity index is 1.66. The minimum atomic E-state index is -0.748. The molecule has 2 fully saturated rings. The summed E-state index contributed by atoms with van der Waals surface area (Å²) in [6.07, 6.45) is 3.53. The minimum absolute atomic E-state index is 0.184. The fourth-order valence-electron chi connectivity index (χ4n) is 3.43. The lowest BCUT2D eigenvalue weighted by Gasteiger charge is -2.34. The minimum Gasteiger partial charge on any atom is -0.481 e. The number of carboxylic acids is 1. The number of rotatable bonds is 4. The molecule has 0 radical (unpaired) electrons. The molecule has 1 heterocycles. The molecule has 2 aliphatic rings. The van der Waals surface area contributed by atoms with Gasteiger partial charge < -0.3 is 10.0 Å². The predicted octanol–water partition coefficient (Wildman–Crippen LogP) is 3.08. The Hall–Kier alpha value is -1.55. The number of likely N-dealkylation sites (tertiary alicyclic amines) is 1. The van der Waals surface area contributed by atoms with Gasteiger partial charge in [-0.25, -0.2) is 0 Å². The Bertz CT molecular complexity index is 589. The van der Waals surface area contributed by atoms with Gasteiger partial charge in [0, 0.05) is 24.5 Å². The Morgan fingerprint density at radius 2 is 1.95 bits per heavy atom. The summed E-state index contributed by atoms with van der Waals surface area (Å²) in [4.78, 5) is 25.6. The monoisotopic (exact) mass is 321 g/mol. The Labute approximate surface area is 135 Å². The summed E-state index contributed by atoms with van der Waals surface area (Å²) >= 11 is 6.06. The molecule has 118 valence electrons. The average Bonchev–Trinajstić information content (AvgIpc) is 3.28. The summed E-state index contributed by atoms with van der Waals surface area (Å²) in [5.74, 6) is -0.367. The van der Waals surface area contributed by atoms with E-state index < -0.39 is 5.97 Å². The van der Waals surface area contributed by atoms with Crippen LogP contribution in [0.4, 0.5) is 0 Å². The van der Waals surface area contributed by atoms with Crippen molar-refractivity contribution in [3.8, 4) is 0 Å². The maximum atomic E-state index is 12.9. The average molecular weight is 322 g/mol. The van der Waals surface area contributed by atoms with Crippen molar-refractivity contribution in [2.45, 2.75) is 37.5 Å². The molecule has 0 atom stereocenters. The molecular weight excluding hydrogens is 302 g/mol. The molecule has 1 aliphatic heterocycles. The van der Waals surface area contributed by atoms with E-state index in [4.69, 9.17) is 16.7 Å². The molecular formula is C17H20ClNO3. The van der Waals surface area contributed by atoms with Crippen molar-refractivity contribution in [3.63, 3.8) is 0 Å². The third kappa shape index (κ3) is 2.98. The lowest BCUT2D eigenvalue weighted by Crippen LogP contribution is -2.44. The molecule has 5 heteroatoms. The first-order chi connectivity index (χ1) is 10.5. The number of benzene rings is 1. The van der Waals surface area contributed by atoms with E-state index in [1.54, 1.807) is 0 Å². The second kappa shape index (κ2) is 5.92. The number of aliphatic carboxylic acids is 1. The maximum Gasteiger partial charge on any atom is 0.303 e. The van der Waals surface area contributed by atoms with Gasteiger partial charge in [-0.3, -0.25) is 9.59 Å². The van der Waals surface area contributed by atoms with Crippen molar-refractivity contribution in [1.82, 2.24) is 4.90 Å². The molecule has 4 nitrogen and oxygen atoms in total. The lowest BCUT2D eigenvalue weighted by atomic mass is 9.90. The van der Waals surface area contributed by atoms with Crippen LogP contribution in [-0.2, 0) is 15.0 Å². The van der Waals surface area contributed by atoms with E-state index >= 15 is 0 Å². The molecule has 22 heavy (non-hydrogen) atoms. The van der Waals surface area contributed by atoms with Crippen LogP contribution in [0.5, 0.6) is 0 Å². The second-order valence-corrected chi connectivity index (χ2v) is 6.86. The highest BCUT2D eigenvalue weighted by molar-refractivity contribution is 6.30. The van der Waals surface area contributed by atoms with E-state index in [1.165, 1.54) is 0 Å². The van der Waals surface area contributed by atoms with Crippen LogP contribution in [0.2, 0.25) is 5.02 Å². The summed E-state index contributed by atoms with van der Waals surface area (Å²) < 4.78 is 0. The maximum absolute atomic E-state index is 12.9. The number of piperidine rings is 1. The van der Waals surface area contributed by atoms with E-state index in [0.29, 0.717) is 18.1 Å². The van der Waals surface area contributed by atoms with Crippen molar-refractivity contribution >= 4 is 23.5 Å². The van der Waals surface area contributed by atoms with Gasteiger partial charge >= 0.3 is 5.97 Å². The van der Waals surface area contributed by atoms with E-state index in [9.17, 15) is 9.59 Å². The fourth-order valence-corrected chi connectivity index (χ4v) is 3.62. The van der Waals surface area contributed by atoms with E-state index in [2.05, 4.69) is 0 Å². The van der Waals surface area contributed by atoms with Crippen molar-refractivity contribution in [2.75, 3.05) is 13.1 Å². The Morgan fingerprint density at radius 1 is 1.27 bits per heavy atom. The van der Waals surface area contributed by atoms with Gasteiger partial charge in [-0.1, -0.05) is 23.7 Å². The molecule has 3 rings (SSSR count). The number of carbonyl (C=O) groups excluding carboxylic acids is 1. The molecule has 1 amide bonds. The lowest BCUT2D eigenvalue weighted by molar-refractivity contribution is -0.139. The third-order valence-electron chi connectivity index (χ3n) is 4.90. The van der Waals surface area contributed by atoms with Gasteiger partial charge in [-0.05, 0) is 49.3 Å². The fraction of sp³-hybridized carbons (Fsp3) is 0.529. The standard InChI is InChI=1S/C17H20ClNO3/c18-14-3-1-2-13(11-14)17(6-7-17)16(22)19-8-4-12(5-9-19)10-15(20)21/h1-3,11-12H,4-10H2,(H,20,21). The highest BCUT2D eigenvalue weighted by Crippen LogP contribution is 2.50. The molecule has 0 spiro atoms. The largest absolute Gasteiger partial charge is 0.481 e. The zero-order valence-corrected chi connectivity index (χ0v) is 13.2. The second-order valence-electron chi connectivity index (χ2n) is 6.43. The molecule has 1 saturated carbocycles. The summed E-state index contributed by atoms with van der Waals surface area (Å²) in [7, 11) is 0. The van der Waals surface area contributed by atoms with Gasteiger partial charge in [-0.2, -0.15) is 0 Å². The number of halogens is 1. The third-order valence-corrected chi connectivity index (χ3v) is 5.14. The molecule has 1 N–H and O–H groups in total. The van der Waals surface area contributed by atoms with Crippen LogP contribution in [0.25, 0.3) is 0 Å². The predicted molar refractivity (Wildman–Crippen MR) is 83.9 cm³/mol. The van der Waals surface area contributed by atoms with Gasteiger partial charge in [0.2, 0.25) is 5.91 Å². The number of nitrogens with zero attached hydrogens (tertiary/aromatic N) is 1. The van der Waals surface area contributed by atoms with Crippen molar-refractivity contribution in [1.29, 1.82) is 0 Å². The first-order valence-corrected chi connectivity index (χ1v) is 8.16. The van der Waals surface area contributed by atoms with Crippen LogP contribution in [-0.4, -0.2) is 35.0 Å². The van der Waals surface area contributed by atoms with Crippen molar-refractivity contribution < 1.29 is 14.7 Å². The number of carboxylic acid groups (broad SMARTS) is 1. The van der Waals surface area contributed by atoms with Crippen LogP contribution in [0.1, 0.15) is 37.7 Å². The van der Waals surface area contributed by atoms with E-state index in [-0.39, 0.29) is 23.7 Å². The zero-order valence-electron chi connectivity index (χ0n) is 12.4. The summed E-state index contributed by atoms with van der Waals surface area (Å²) in [6.45, 7) is 1.33. The van der Waals surface area contributed by atoms with Gasteiger partial charge in [0.1, 0.15) is 0 Å². The number of amides is 1. The SMILES string of the molecule is O=C(O)CC1CCN(C(=O)C2(c3cccc(Cl)c3)CC2)CC1. The molecule has 0 aromatic heterocycles. The zero-order chi connectivity index (χ0) is 15.7. The molecule has 1 aliphatic carbocycles. The highest BCUT2D eigenvalue weighted by Gasteiger charge is 2.53. The van der Waals surface area contributed by atoms with Crippen LogP contribution in [0.3, 0.4) is 0 Å². The van der Waals surface area contributed by atoms with Gasteiger partial charge in [0.05, 0.1) is 5.41 Å². The first-order valence-electron chi connectivity index (χ1n) is 7.78. The van der Waals surface area contributed by atoms with Gasteiger partial charge in [0.25, 0.3) is 0 Å². The van der Waals surface area contributed by atoms with Crippen LogP contribution >= 0.6 is 11.6 Å². The Kier molecular flexibility index (Phi) is 4.13. The molecule has 1 aromatic rings. The number of hydrogen-bond donors (Lipinski definition) is 1. The molecule has 0 bridgehead atoms. The van der Waals surface area contributed by atoms with Crippen molar-refractivity contribution in [2.24, 2.45) is 5.92 Å². The van der Waals surface area contributed by atoms with E-state index in [1.807, 2.05) is 29.2 Å². The smallest absolute Gasteiger partial charge is 0.303 e. The van der Waals surface area contributed by atoms with Crippen LogP contribution in [0.15, 0.2) is 24.3 Å². The Morgan fingerprint density at radius 3 is 2.50 bits per heavy atom. The van der Waals surface area contributed by atoms with Crippen molar-refractivity contribution in [3.05, 3.63) is 34.9 Å². The number of hydrogen-bond acceptors (Lipinski definition) is 2. The summed E-state index contributed by atoms with van der Waals surface area (Å²) in [5, 5.41) is 9.53. The summed E-state index contributed by atoms with van der Waals surface area (Å²) in [5.41, 5.74) is 0.627. The number of carbonyl (C=O) groups is 2. The molecule has 1 aromatic carbocycles. The van der Waals surface area contributed by atoms with Crippen LogP contribution < -0.4 is 0 Å². The highest BCUT2D eigenvalue weighted by atomic mass is 35.5. The normalized spacial score (nSPS) is 20.7. The topological polar surface area (TPSA) is 57.6 Å². The van der Waals surface area contributed by atoms with Gasteiger partial charge in [-0.15, -0.1) is 0 Å². The molecule has 1 saturated heterocycles. The van der Waals surface area contributed by atoms with E-state index in [0.717, 1.165) is 31.2 Å². The molecule has 0 unspecified atom stereocenters. The quantitative estimate of drug-likeness (QED) is 0.927. The summed E-state index contributed by atoms with van der Waals surface area (Å²) in [6, 6.07) is 7.59. The van der Waals surface area contributed by atoms with Crippen LogP contribution in [0, 0.1) is 5.92 Å². The van der Waals surface area contributed by atoms with Gasteiger partial charge in [0.15, 0.2) is 0 Å².